The summed E-state index contributed by atoms with van der Waals surface area (Å²) in [5.41, 5.74) is 0.588. The molecule has 14 heteroatoms. The minimum atomic E-state index is -1.51. The van der Waals surface area contributed by atoms with Crippen molar-refractivity contribution in [2.45, 2.75) is 16.6 Å². The van der Waals surface area contributed by atoms with Crippen molar-refractivity contribution >= 4 is 99.1 Å². The molecule has 0 fully saturated rings. The maximum absolute atomic E-state index is 13.5. The molecular formula is C31H20Cl4N4O5S. The smallest absolute Gasteiger partial charge is 0.338 e. The SMILES string of the molecule is O=C(O)c1c(Cl)c(Cl)c(Cl)c(Cl)c1C(=O)Nc1ccc(SC(C(=O)NC2=NN(c3ccccc3)C(=O)C2)c2ccccc2)cc1. The van der Waals surface area contributed by atoms with Gasteiger partial charge in [-0.2, -0.15) is 10.1 Å². The second-order valence-electron chi connectivity index (χ2n) is 9.45. The van der Waals surface area contributed by atoms with Gasteiger partial charge in [0, 0.05) is 10.6 Å². The van der Waals surface area contributed by atoms with E-state index in [9.17, 15) is 24.3 Å². The summed E-state index contributed by atoms with van der Waals surface area (Å²) >= 11 is 25.5. The molecule has 0 radical (unpaired) electrons. The Labute approximate surface area is 281 Å². The highest BCUT2D eigenvalue weighted by Crippen LogP contribution is 2.42. The molecule has 1 heterocycles. The molecule has 0 bridgehead atoms. The van der Waals surface area contributed by atoms with Crippen molar-refractivity contribution in [2.24, 2.45) is 5.10 Å². The van der Waals surface area contributed by atoms with Crippen LogP contribution in [0.3, 0.4) is 0 Å². The molecule has 45 heavy (non-hydrogen) atoms. The van der Waals surface area contributed by atoms with E-state index in [1.807, 2.05) is 36.4 Å². The molecule has 4 aromatic carbocycles. The first-order valence-electron chi connectivity index (χ1n) is 13.0. The molecular weight excluding hydrogens is 682 g/mol. The van der Waals surface area contributed by atoms with Crippen LogP contribution in [0.15, 0.2) is 94.9 Å². The molecule has 1 aliphatic heterocycles. The van der Waals surface area contributed by atoms with Gasteiger partial charge >= 0.3 is 5.97 Å². The van der Waals surface area contributed by atoms with E-state index in [0.717, 1.165) is 5.56 Å². The van der Waals surface area contributed by atoms with E-state index in [1.165, 1.54) is 16.8 Å². The van der Waals surface area contributed by atoms with Crippen molar-refractivity contribution in [3.05, 3.63) is 122 Å². The Hall–Kier alpha value is -4.06. The average molecular weight is 702 g/mol. The Morgan fingerprint density at radius 2 is 1.36 bits per heavy atom. The monoisotopic (exact) mass is 700 g/mol. The first kappa shape index (κ1) is 32.3. The van der Waals surface area contributed by atoms with Crippen LogP contribution in [0, 0.1) is 0 Å². The van der Waals surface area contributed by atoms with Gasteiger partial charge in [-0.05, 0) is 42.0 Å². The minimum absolute atomic E-state index is 0.0567. The van der Waals surface area contributed by atoms with Crippen molar-refractivity contribution in [1.29, 1.82) is 0 Å². The number of benzene rings is 4. The van der Waals surface area contributed by atoms with E-state index in [-0.39, 0.29) is 39.1 Å². The highest BCUT2D eigenvalue weighted by molar-refractivity contribution is 8.00. The number of carboxylic acid groups (broad SMARTS) is 1. The van der Waals surface area contributed by atoms with Crippen molar-refractivity contribution < 1.29 is 24.3 Å². The summed E-state index contributed by atoms with van der Waals surface area (Å²) in [4.78, 5) is 51.7. The van der Waals surface area contributed by atoms with Crippen molar-refractivity contribution in [3.63, 3.8) is 0 Å². The summed E-state index contributed by atoms with van der Waals surface area (Å²) in [5, 5.41) is 18.6. The number of thioether (sulfide) groups is 1. The number of hydrogen-bond donors (Lipinski definition) is 3. The zero-order chi connectivity index (χ0) is 32.2. The van der Waals surface area contributed by atoms with Crippen molar-refractivity contribution in [3.8, 4) is 0 Å². The highest BCUT2D eigenvalue weighted by atomic mass is 35.5. The summed E-state index contributed by atoms with van der Waals surface area (Å²) in [7, 11) is 0. The van der Waals surface area contributed by atoms with E-state index in [2.05, 4.69) is 15.7 Å². The number of carbonyl (C=O) groups is 4. The standard InChI is InChI=1S/C31H20Cl4N4O5S/c32-24-22(23(31(43)44)25(33)27(35)26(24)34)29(41)36-17-11-13-19(14-12-17)45-28(16-7-3-1-4-8-16)30(42)37-20-15-21(40)39(38-20)18-9-5-2-6-10-18/h1-14,28H,15H2,(H,36,41)(H,43,44)(H,37,38,42). The van der Waals surface area contributed by atoms with Crippen LogP contribution in [0.5, 0.6) is 0 Å². The van der Waals surface area contributed by atoms with Crippen LogP contribution < -0.4 is 15.6 Å². The van der Waals surface area contributed by atoms with Gasteiger partial charge < -0.3 is 15.7 Å². The number of para-hydroxylation sites is 1. The predicted molar refractivity (Wildman–Crippen MR) is 177 cm³/mol. The lowest BCUT2D eigenvalue weighted by Gasteiger charge is -2.17. The van der Waals surface area contributed by atoms with Crippen LogP contribution in [0.4, 0.5) is 11.4 Å². The van der Waals surface area contributed by atoms with Gasteiger partial charge in [0.1, 0.15) is 11.1 Å². The minimum Gasteiger partial charge on any atom is -0.478 e. The van der Waals surface area contributed by atoms with E-state index in [0.29, 0.717) is 16.3 Å². The van der Waals surface area contributed by atoms with Crippen LogP contribution in [-0.4, -0.2) is 34.6 Å². The van der Waals surface area contributed by atoms with Gasteiger partial charge in [-0.1, -0.05) is 94.9 Å². The average Bonchev–Trinajstić information content (AvgIpc) is 3.41. The van der Waals surface area contributed by atoms with E-state index >= 15 is 0 Å². The molecule has 0 saturated carbocycles. The molecule has 228 valence electrons. The van der Waals surface area contributed by atoms with E-state index < -0.39 is 33.3 Å². The quantitative estimate of drug-likeness (QED) is 0.0972. The molecule has 0 aliphatic carbocycles. The molecule has 0 spiro atoms. The lowest BCUT2D eigenvalue weighted by Crippen LogP contribution is -2.33. The largest absolute Gasteiger partial charge is 0.478 e. The molecule has 1 aliphatic rings. The van der Waals surface area contributed by atoms with Gasteiger partial charge in [-0.15, -0.1) is 11.8 Å². The normalized spacial score (nSPS) is 13.3. The topological polar surface area (TPSA) is 128 Å². The number of amides is 3. The molecule has 3 N–H and O–H groups in total. The molecule has 5 rings (SSSR count). The fraction of sp³-hybridized carbons (Fsp3) is 0.0645. The van der Waals surface area contributed by atoms with Crippen molar-refractivity contribution in [1.82, 2.24) is 5.32 Å². The number of hydrazone groups is 1. The number of carboxylic acids is 1. The second kappa shape index (κ2) is 13.9. The number of aromatic carboxylic acids is 1. The van der Waals surface area contributed by atoms with Gasteiger partial charge in [-0.25, -0.2) is 4.79 Å². The summed E-state index contributed by atoms with van der Waals surface area (Å²) in [6.45, 7) is 0. The Morgan fingerprint density at radius 1 is 0.778 bits per heavy atom. The lowest BCUT2D eigenvalue weighted by molar-refractivity contribution is -0.119. The maximum Gasteiger partial charge on any atom is 0.338 e. The first-order valence-corrected chi connectivity index (χ1v) is 15.4. The van der Waals surface area contributed by atoms with Gasteiger partial charge in [0.15, 0.2) is 0 Å². The molecule has 3 amide bonds. The van der Waals surface area contributed by atoms with Crippen LogP contribution in [-0.2, 0) is 9.59 Å². The fourth-order valence-corrected chi connectivity index (χ4v) is 6.41. The summed E-state index contributed by atoms with van der Waals surface area (Å²) in [6, 6.07) is 24.5. The predicted octanol–water partition coefficient (Wildman–Crippen LogP) is 7.95. The molecule has 4 aromatic rings. The Balaban J connectivity index is 1.34. The van der Waals surface area contributed by atoms with Gasteiger partial charge in [0.2, 0.25) is 5.91 Å². The number of halogens is 4. The van der Waals surface area contributed by atoms with Crippen LogP contribution in [0.25, 0.3) is 0 Å². The number of nitrogens with zero attached hydrogens (tertiary/aromatic N) is 2. The van der Waals surface area contributed by atoms with Crippen LogP contribution in [0.2, 0.25) is 20.1 Å². The number of amidine groups is 1. The zero-order valence-corrected chi connectivity index (χ0v) is 26.6. The maximum atomic E-state index is 13.5. The van der Waals surface area contributed by atoms with Crippen LogP contribution >= 0.6 is 58.2 Å². The van der Waals surface area contributed by atoms with Gasteiger partial charge in [-0.3, -0.25) is 14.4 Å². The molecule has 9 nitrogen and oxygen atoms in total. The summed E-state index contributed by atoms with van der Waals surface area (Å²) < 4.78 is 0. The molecule has 1 atom stereocenters. The van der Waals surface area contributed by atoms with Crippen molar-refractivity contribution in [2.75, 3.05) is 10.3 Å². The number of rotatable bonds is 8. The Kier molecular flexibility index (Phi) is 10.0. The van der Waals surface area contributed by atoms with Crippen LogP contribution in [0.1, 0.15) is 38.0 Å². The van der Waals surface area contributed by atoms with Gasteiger partial charge in [0.25, 0.3) is 11.8 Å². The number of nitrogens with one attached hydrogen (secondary N) is 2. The molecule has 0 aromatic heterocycles. The third kappa shape index (κ3) is 7.11. The van der Waals surface area contributed by atoms with Gasteiger partial charge in [0.05, 0.1) is 43.3 Å². The third-order valence-corrected chi connectivity index (χ3v) is 9.53. The second-order valence-corrected chi connectivity index (χ2v) is 12.1. The third-order valence-electron chi connectivity index (χ3n) is 6.46. The summed E-state index contributed by atoms with van der Waals surface area (Å²) in [6.07, 6.45) is -0.0567. The first-order chi connectivity index (χ1) is 21.5. The zero-order valence-electron chi connectivity index (χ0n) is 22.8. The number of carbonyl (C=O) groups excluding carboxylic acids is 3. The van der Waals surface area contributed by atoms with E-state index in [4.69, 9.17) is 46.4 Å². The Bertz CT molecular complexity index is 1840. The fourth-order valence-electron chi connectivity index (χ4n) is 4.37. The summed E-state index contributed by atoms with van der Waals surface area (Å²) in [5.74, 6) is -2.79. The molecule has 0 saturated heterocycles. The highest BCUT2D eigenvalue weighted by Gasteiger charge is 2.31. The number of anilines is 2. The van der Waals surface area contributed by atoms with E-state index in [1.54, 1.807) is 48.5 Å². The molecule has 1 unspecified atom stereocenters. The number of hydrogen-bond acceptors (Lipinski definition) is 6. The Morgan fingerprint density at radius 3 is 1.96 bits per heavy atom. The lowest BCUT2D eigenvalue weighted by atomic mass is 10.1.